The van der Waals surface area contributed by atoms with Crippen molar-refractivity contribution >= 4 is 6.29 Å². The van der Waals surface area contributed by atoms with Crippen molar-refractivity contribution < 1.29 is 14.3 Å². The van der Waals surface area contributed by atoms with Crippen LogP contribution in [0.1, 0.15) is 5.56 Å². The van der Waals surface area contributed by atoms with Crippen LogP contribution in [0.5, 0.6) is 5.75 Å². The van der Waals surface area contributed by atoms with Gasteiger partial charge in [0.25, 0.3) is 0 Å². The number of benzene rings is 1. The Hall–Kier alpha value is -1.35. The van der Waals surface area contributed by atoms with Crippen LogP contribution in [0, 0.1) is 12.8 Å². The van der Waals surface area contributed by atoms with E-state index in [0.717, 1.165) is 11.3 Å². The molecule has 1 atom stereocenters. The normalized spacial score (nSPS) is 12.1. The molecule has 0 saturated carbocycles. The fourth-order valence-electron chi connectivity index (χ4n) is 1.17. The van der Waals surface area contributed by atoms with Crippen molar-refractivity contribution in [3.8, 4) is 5.75 Å². The van der Waals surface area contributed by atoms with Crippen LogP contribution in [-0.2, 0) is 16.1 Å². The van der Waals surface area contributed by atoms with E-state index >= 15 is 0 Å². The molecule has 0 aromatic heterocycles. The molecule has 0 N–H and O–H groups in total. The van der Waals surface area contributed by atoms with E-state index in [1.54, 1.807) is 7.11 Å². The lowest BCUT2D eigenvalue weighted by atomic mass is 10.2. The van der Waals surface area contributed by atoms with Gasteiger partial charge in [-0.05, 0) is 13.0 Å². The van der Waals surface area contributed by atoms with Crippen LogP contribution in [0.3, 0.4) is 0 Å². The van der Waals surface area contributed by atoms with Crippen LogP contribution in [0.15, 0.2) is 24.3 Å². The molecular weight excluding hydrogens is 192 g/mol. The van der Waals surface area contributed by atoms with Crippen molar-refractivity contribution in [2.24, 2.45) is 5.92 Å². The molecule has 1 aromatic carbocycles. The summed E-state index contributed by atoms with van der Waals surface area (Å²) in [6.45, 7) is 6.00. The minimum atomic E-state index is -0.556. The second-order valence-electron chi connectivity index (χ2n) is 3.13. The largest absolute Gasteiger partial charge is 0.496 e. The summed E-state index contributed by atoms with van der Waals surface area (Å²) in [6.07, 6.45) is 0.669. The maximum atomic E-state index is 10.2. The van der Waals surface area contributed by atoms with Crippen molar-refractivity contribution in [1.82, 2.24) is 0 Å². The van der Waals surface area contributed by atoms with Gasteiger partial charge in [0.1, 0.15) is 12.0 Å². The zero-order valence-electron chi connectivity index (χ0n) is 8.68. The third-order valence-corrected chi connectivity index (χ3v) is 1.94. The summed E-state index contributed by atoms with van der Waals surface area (Å²) >= 11 is 0. The number of carbonyl (C=O) groups is 1. The van der Waals surface area contributed by atoms with Crippen LogP contribution < -0.4 is 4.74 Å². The number of ether oxygens (including phenoxy) is 2. The van der Waals surface area contributed by atoms with Crippen molar-refractivity contribution in [2.75, 3.05) is 13.7 Å². The molecule has 3 heteroatoms. The molecule has 1 aromatic rings. The summed E-state index contributed by atoms with van der Waals surface area (Å²) in [7, 11) is 1.61. The zero-order chi connectivity index (χ0) is 11.1. The highest BCUT2D eigenvalue weighted by molar-refractivity contribution is 5.54. The highest BCUT2D eigenvalue weighted by Crippen LogP contribution is 2.18. The van der Waals surface area contributed by atoms with E-state index in [4.69, 9.17) is 16.4 Å². The van der Waals surface area contributed by atoms with Gasteiger partial charge in [0, 0.05) is 11.5 Å². The molecule has 1 rings (SSSR count). The molecule has 0 aliphatic rings. The Balaban J connectivity index is 2.46. The lowest BCUT2D eigenvalue weighted by molar-refractivity contribution is -0.111. The maximum Gasteiger partial charge on any atom is 0.125 e. The Morgan fingerprint density at radius 3 is 2.87 bits per heavy atom. The van der Waals surface area contributed by atoms with E-state index in [0.29, 0.717) is 12.9 Å². The first kappa shape index (κ1) is 11.7. The topological polar surface area (TPSA) is 35.5 Å². The fraction of sp³-hybridized carbons (Fsp3) is 0.333. The van der Waals surface area contributed by atoms with E-state index in [-0.39, 0.29) is 6.61 Å². The van der Waals surface area contributed by atoms with Gasteiger partial charge in [0.2, 0.25) is 0 Å². The summed E-state index contributed by atoms with van der Waals surface area (Å²) in [4.78, 5) is 10.2. The minimum Gasteiger partial charge on any atom is -0.496 e. The first-order chi connectivity index (χ1) is 7.27. The average molecular weight is 206 g/mol. The van der Waals surface area contributed by atoms with Crippen molar-refractivity contribution in [3.63, 3.8) is 0 Å². The highest BCUT2D eigenvalue weighted by Gasteiger charge is 2.03. The Bertz CT molecular complexity index is 309. The van der Waals surface area contributed by atoms with Gasteiger partial charge in [0.05, 0.1) is 20.3 Å². The molecule has 0 heterocycles. The Labute approximate surface area is 90.0 Å². The number of rotatable bonds is 6. The molecule has 0 amide bonds. The van der Waals surface area contributed by atoms with Crippen molar-refractivity contribution in [2.45, 2.75) is 6.61 Å². The monoisotopic (exact) mass is 206 g/mol. The van der Waals surface area contributed by atoms with E-state index in [1.807, 2.05) is 24.3 Å². The molecule has 0 spiro atoms. The molecule has 3 nitrogen and oxygen atoms in total. The second-order valence-corrected chi connectivity index (χ2v) is 3.13. The van der Waals surface area contributed by atoms with Gasteiger partial charge in [-0.15, -0.1) is 0 Å². The molecule has 15 heavy (non-hydrogen) atoms. The SMILES string of the molecule is [CH][C@H](C=O)COCc1ccccc1OC. The first-order valence-corrected chi connectivity index (χ1v) is 4.68. The molecule has 0 unspecified atom stereocenters. The zero-order valence-corrected chi connectivity index (χ0v) is 8.68. The van der Waals surface area contributed by atoms with Crippen LogP contribution >= 0.6 is 0 Å². The Kier molecular flexibility index (Phi) is 4.84. The number of para-hydroxylation sites is 1. The third kappa shape index (κ3) is 3.72. The molecule has 0 aliphatic heterocycles. The number of hydrogen-bond acceptors (Lipinski definition) is 3. The number of methoxy groups -OCH3 is 1. The summed E-state index contributed by atoms with van der Waals surface area (Å²) in [6, 6.07) is 7.56. The number of aldehydes is 1. The summed E-state index contributed by atoms with van der Waals surface area (Å²) < 4.78 is 10.4. The van der Waals surface area contributed by atoms with E-state index < -0.39 is 5.92 Å². The molecule has 0 saturated heterocycles. The van der Waals surface area contributed by atoms with Gasteiger partial charge in [-0.1, -0.05) is 18.2 Å². The smallest absolute Gasteiger partial charge is 0.125 e. The van der Waals surface area contributed by atoms with Crippen LogP contribution in [-0.4, -0.2) is 20.0 Å². The van der Waals surface area contributed by atoms with Gasteiger partial charge in [-0.3, -0.25) is 0 Å². The Morgan fingerprint density at radius 1 is 1.47 bits per heavy atom. The maximum absolute atomic E-state index is 10.2. The van der Waals surface area contributed by atoms with Crippen LogP contribution in [0.25, 0.3) is 0 Å². The highest BCUT2D eigenvalue weighted by atomic mass is 16.5. The molecule has 80 valence electrons. The molecular formula is C12H14O3. The predicted molar refractivity (Wildman–Crippen MR) is 56.5 cm³/mol. The molecule has 0 fully saturated rings. The molecule has 2 radical (unpaired) electrons. The number of hydrogen-bond donors (Lipinski definition) is 0. The fourth-order valence-corrected chi connectivity index (χ4v) is 1.17. The summed E-state index contributed by atoms with van der Waals surface area (Å²) in [5.74, 6) is 0.219. The standard InChI is InChI=1S/C12H14O3/c1-10(7-13)8-15-9-11-5-3-4-6-12(11)14-2/h1,3-7,10H,8-9H2,2H3/t10-/m1/s1. The predicted octanol–water partition coefficient (Wildman–Crippen LogP) is 1.74. The quantitative estimate of drug-likeness (QED) is 0.665. The first-order valence-electron chi connectivity index (χ1n) is 4.68. The summed E-state index contributed by atoms with van der Waals surface area (Å²) in [5, 5.41) is 0. The Morgan fingerprint density at radius 2 is 2.20 bits per heavy atom. The second kappa shape index (κ2) is 6.19. The minimum absolute atomic E-state index is 0.224. The summed E-state index contributed by atoms with van der Waals surface area (Å²) in [5.41, 5.74) is 0.943. The van der Waals surface area contributed by atoms with E-state index in [2.05, 4.69) is 0 Å². The number of carbonyl (C=O) groups excluding carboxylic acids is 1. The lowest BCUT2D eigenvalue weighted by Gasteiger charge is -2.09. The van der Waals surface area contributed by atoms with Gasteiger partial charge in [-0.25, -0.2) is 0 Å². The average Bonchev–Trinajstić information content (AvgIpc) is 2.29. The van der Waals surface area contributed by atoms with Crippen LogP contribution in [0.2, 0.25) is 0 Å². The lowest BCUT2D eigenvalue weighted by Crippen LogP contribution is -2.07. The van der Waals surface area contributed by atoms with Gasteiger partial charge in [-0.2, -0.15) is 0 Å². The van der Waals surface area contributed by atoms with Crippen LogP contribution in [0.4, 0.5) is 0 Å². The molecule has 0 aliphatic carbocycles. The van der Waals surface area contributed by atoms with E-state index in [9.17, 15) is 4.79 Å². The van der Waals surface area contributed by atoms with E-state index in [1.165, 1.54) is 0 Å². The van der Waals surface area contributed by atoms with Gasteiger partial charge >= 0.3 is 0 Å². The molecule has 0 bridgehead atoms. The van der Waals surface area contributed by atoms with Gasteiger partial charge in [0.15, 0.2) is 0 Å². The van der Waals surface area contributed by atoms with Crippen molar-refractivity contribution in [3.05, 3.63) is 36.8 Å². The third-order valence-electron chi connectivity index (χ3n) is 1.94. The van der Waals surface area contributed by atoms with Gasteiger partial charge < -0.3 is 14.3 Å². The van der Waals surface area contributed by atoms with Crippen molar-refractivity contribution in [1.29, 1.82) is 0 Å².